The fourth-order valence-electron chi connectivity index (χ4n) is 2.00. The van der Waals surface area contributed by atoms with Crippen LogP contribution in [-0.4, -0.2) is 47.2 Å². The SMILES string of the molecule is CC(NC1(CC(=O)O)CNC1)C(=O)NC(C)(C)C. The Bertz CT molecular complexity index is 332. The van der Waals surface area contributed by atoms with Gasteiger partial charge in [-0.15, -0.1) is 0 Å². The van der Waals surface area contributed by atoms with Crippen LogP contribution in [0.5, 0.6) is 0 Å². The topological polar surface area (TPSA) is 90.5 Å². The molecule has 0 aromatic heterocycles. The summed E-state index contributed by atoms with van der Waals surface area (Å²) < 4.78 is 0. The first-order chi connectivity index (χ1) is 8.14. The number of hydrogen-bond donors (Lipinski definition) is 4. The second-order valence-electron chi connectivity index (χ2n) is 6.06. The summed E-state index contributed by atoms with van der Waals surface area (Å²) in [6, 6.07) is -0.411. The summed E-state index contributed by atoms with van der Waals surface area (Å²) >= 11 is 0. The largest absolute Gasteiger partial charge is 0.481 e. The van der Waals surface area contributed by atoms with Gasteiger partial charge in [0.25, 0.3) is 0 Å². The van der Waals surface area contributed by atoms with E-state index in [2.05, 4.69) is 16.0 Å². The minimum Gasteiger partial charge on any atom is -0.481 e. The van der Waals surface area contributed by atoms with Crippen molar-refractivity contribution < 1.29 is 14.7 Å². The summed E-state index contributed by atoms with van der Waals surface area (Å²) in [5.74, 6) is -0.966. The zero-order valence-corrected chi connectivity index (χ0v) is 11.5. The number of aliphatic carboxylic acids is 1. The molecular weight excluding hydrogens is 234 g/mol. The zero-order chi connectivity index (χ0) is 14.0. The third-order valence-corrected chi connectivity index (χ3v) is 2.83. The molecule has 104 valence electrons. The second kappa shape index (κ2) is 5.24. The molecule has 1 rings (SSSR count). The van der Waals surface area contributed by atoms with E-state index in [1.807, 2.05) is 20.8 Å². The van der Waals surface area contributed by atoms with E-state index in [1.165, 1.54) is 0 Å². The lowest BCUT2D eigenvalue weighted by atomic mass is 9.87. The Hall–Kier alpha value is -1.14. The van der Waals surface area contributed by atoms with E-state index in [1.54, 1.807) is 6.92 Å². The summed E-state index contributed by atoms with van der Waals surface area (Å²) in [5.41, 5.74) is -0.786. The minimum absolute atomic E-state index is 0.0210. The van der Waals surface area contributed by atoms with Crippen LogP contribution in [0.1, 0.15) is 34.1 Å². The summed E-state index contributed by atoms with van der Waals surface area (Å²) in [6.45, 7) is 8.64. The van der Waals surface area contributed by atoms with E-state index in [0.717, 1.165) is 0 Å². The number of carbonyl (C=O) groups is 2. The molecule has 6 heteroatoms. The number of carboxylic acids is 1. The highest BCUT2D eigenvalue weighted by molar-refractivity contribution is 5.82. The highest BCUT2D eigenvalue weighted by Gasteiger charge is 2.41. The van der Waals surface area contributed by atoms with Crippen LogP contribution < -0.4 is 16.0 Å². The molecule has 0 radical (unpaired) electrons. The highest BCUT2D eigenvalue weighted by Crippen LogP contribution is 2.17. The fraction of sp³-hybridized carbons (Fsp3) is 0.833. The third-order valence-electron chi connectivity index (χ3n) is 2.83. The molecule has 1 aliphatic heterocycles. The molecule has 1 saturated heterocycles. The van der Waals surface area contributed by atoms with Gasteiger partial charge in [0.15, 0.2) is 0 Å². The van der Waals surface area contributed by atoms with Crippen molar-refractivity contribution in [2.45, 2.75) is 51.2 Å². The average Bonchev–Trinajstić information content (AvgIpc) is 2.10. The van der Waals surface area contributed by atoms with Crippen molar-refractivity contribution in [2.75, 3.05) is 13.1 Å². The minimum atomic E-state index is -0.854. The predicted octanol–water partition coefficient (Wildman–Crippen LogP) is -0.304. The Labute approximate surface area is 108 Å². The fourth-order valence-corrected chi connectivity index (χ4v) is 2.00. The molecule has 18 heavy (non-hydrogen) atoms. The third kappa shape index (κ3) is 4.27. The first-order valence-electron chi connectivity index (χ1n) is 6.16. The van der Waals surface area contributed by atoms with Gasteiger partial charge in [-0.2, -0.15) is 0 Å². The molecule has 6 nitrogen and oxygen atoms in total. The standard InChI is InChI=1S/C12H23N3O3/c1-8(10(18)15-11(2,3)4)14-12(5-9(16)17)6-13-7-12/h8,13-14H,5-7H2,1-4H3,(H,15,18)(H,16,17). The van der Waals surface area contributed by atoms with E-state index < -0.39 is 17.6 Å². The summed E-state index contributed by atoms with van der Waals surface area (Å²) in [7, 11) is 0. The first-order valence-corrected chi connectivity index (χ1v) is 6.16. The molecule has 0 aromatic rings. The highest BCUT2D eigenvalue weighted by atomic mass is 16.4. The Morgan fingerprint density at radius 2 is 1.94 bits per heavy atom. The Morgan fingerprint density at radius 3 is 2.28 bits per heavy atom. The van der Waals surface area contributed by atoms with Gasteiger partial charge in [-0.3, -0.25) is 14.9 Å². The summed E-state index contributed by atoms with van der Waals surface area (Å²) in [6.07, 6.45) is 0.0210. The molecule has 0 spiro atoms. The van der Waals surface area contributed by atoms with E-state index >= 15 is 0 Å². The predicted molar refractivity (Wildman–Crippen MR) is 68.3 cm³/mol. The van der Waals surface area contributed by atoms with E-state index in [0.29, 0.717) is 13.1 Å². The van der Waals surface area contributed by atoms with Gasteiger partial charge < -0.3 is 15.7 Å². The van der Waals surface area contributed by atoms with Crippen molar-refractivity contribution in [2.24, 2.45) is 0 Å². The molecule has 1 unspecified atom stereocenters. The molecule has 1 fully saturated rings. The zero-order valence-electron chi connectivity index (χ0n) is 11.5. The van der Waals surface area contributed by atoms with E-state index in [9.17, 15) is 9.59 Å². The average molecular weight is 257 g/mol. The van der Waals surface area contributed by atoms with E-state index in [-0.39, 0.29) is 17.9 Å². The van der Waals surface area contributed by atoms with Crippen LogP contribution >= 0.6 is 0 Å². The lowest BCUT2D eigenvalue weighted by molar-refractivity contribution is -0.140. The molecule has 0 aliphatic carbocycles. The molecule has 4 N–H and O–H groups in total. The Kier molecular flexibility index (Phi) is 4.34. The lowest BCUT2D eigenvalue weighted by Crippen LogP contribution is -2.71. The van der Waals surface area contributed by atoms with Gasteiger partial charge in [-0.25, -0.2) is 0 Å². The summed E-state index contributed by atoms with van der Waals surface area (Å²) in [4.78, 5) is 22.7. The summed E-state index contributed by atoms with van der Waals surface area (Å²) in [5, 5.41) is 17.9. The van der Waals surface area contributed by atoms with Crippen molar-refractivity contribution in [3.63, 3.8) is 0 Å². The first kappa shape index (κ1) is 14.9. The van der Waals surface area contributed by atoms with Crippen molar-refractivity contribution >= 4 is 11.9 Å². The van der Waals surface area contributed by atoms with Gasteiger partial charge >= 0.3 is 5.97 Å². The van der Waals surface area contributed by atoms with Crippen molar-refractivity contribution in [3.05, 3.63) is 0 Å². The number of carboxylic acid groups (broad SMARTS) is 1. The van der Waals surface area contributed by atoms with Crippen molar-refractivity contribution in [1.82, 2.24) is 16.0 Å². The maximum atomic E-state index is 11.9. The Morgan fingerprint density at radius 1 is 1.39 bits per heavy atom. The van der Waals surface area contributed by atoms with Crippen LogP contribution in [-0.2, 0) is 9.59 Å². The monoisotopic (exact) mass is 257 g/mol. The molecule has 1 heterocycles. The second-order valence-corrected chi connectivity index (χ2v) is 6.06. The van der Waals surface area contributed by atoms with E-state index in [4.69, 9.17) is 5.11 Å². The van der Waals surface area contributed by atoms with Gasteiger partial charge in [0.1, 0.15) is 0 Å². The van der Waals surface area contributed by atoms with Crippen LogP contribution in [0, 0.1) is 0 Å². The van der Waals surface area contributed by atoms with Crippen LogP contribution in [0.2, 0.25) is 0 Å². The number of amides is 1. The van der Waals surface area contributed by atoms with Gasteiger partial charge in [-0.1, -0.05) is 0 Å². The number of rotatable bonds is 5. The van der Waals surface area contributed by atoms with Crippen LogP contribution in [0.15, 0.2) is 0 Å². The molecule has 0 aromatic carbocycles. The van der Waals surface area contributed by atoms with Gasteiger partial charge in [0, 0.05) is 18.6 Å². The van der Waals surface area contributed by atoms with Crippen molar-refractivity contribution in [3.8, 4) is 0 Å². The maximum absolute atomic E-state index is 11.9. The molecule has 1 atom stereocenters. The van der Waals surface area contributed by atoms with Gasteiger partial charge in [0.2, 0.25) is 5.91 Å². The van der Waals surface area contributed by atoms with Gasteiger partial charge in [-0.05, 0) is 27.7 Å². The Balaban J connectivity index is 2.54. The van der Waals surface area contributed by atoms with Gasteiger partial charge in [0.05, 0.1) is 18.0 Å². The molecule has 0 saturated carbocycles. The van der Waals surface area contributed by atoms with Crippen LogP contribution in [0.25, 0.3) is 0 Å². The number of nitrogens with one attached hydrogen (secondary N) is 3. The van der Waals surface area contributed by atoms with Crippen LogP contribution in [0.4, 0.5) is 0 Å². The van der Waals surface area contributed by atoms with Crippen molar-refractivity contribution in [1.29, 1.82) is 0 Å². The smallest absolute Gasteiger partial charge is 0.305 e. The normalized spacial score (nSPS) is 19.8. The lowest BCUT2D eigenvalue weighted by Gasteiger charge is -2.44. The number of carbonyl (C=O) groups excluding carboxylic acids is 1. The molecule has 0 bridgehead atoms. The molecule has 1 amide bonds. The maximum Gasteiger partial charge on any atom is 0.305 e. The molecule has 1 aliphatic rings. The van der Waals surface area contributed by atoms with Crippen LogP contribution in [0.3, 0.4) is 0 Å². The number of hydrogen-bond acceptors (Lipinski definition) is 4. The quantitative estimate of drug-likeness (QED) is 0.543. The molecular formula is C12H23N3O3.